The van der Waals surface area contributed by atoms with Gasteiger partial charge in [-0.05, 0) is 24.5 Å². The van der Waals surface area contributed by atoms with Crippen molar-refractivity contribution in [3.63, 3.8) is 0 Å². The van der Waals surface area contributed by atoms with E-state index in [1.165, 1.54) is 23.3 Å². The Morgan fingerprint density at radius 2 is 2.05 bits per heavy atom. The van der Waals surface area contributed by atoms with Crippen LogP contribution in [0.25, 0.3) is 0 Å². The number of fused-ring (bicyclic) bond motifs is 1. The summed E-state index contributed by atoms with van der Waals surface area (Å²) < 4.78 is 0. The molecule has 1 fully saturated rings. The number of carbonyl (C=O) groups is 1. The van der Waals surface area contributed by atoms with Gasteiger partial charge in [0.05, 0.1) is 12.5 Å². The number of hydrogen-bond donors (Lipinski definition) is 1. The average Bonchev–Trinajstić information content (AvgIpc) is 3.13. The minimum Gasteiger partial charge on any atom is -0.395 e. The summed E-state index contributed by atoms with van der Waals surface area (Å²) >= 11 is 1.77. The first-order chi connectivity index (χ1) is 9.81. The van der Waals surface area contributed by atoms with E-state index < -0.39 is 0 Å². The van der Waals surface area contributed by atoms with Crippen molar-refractivity contribution in [1.29, 1.82) is 0 Å². The molecular formula is C16H21NO2S. The fourth-order valence-electron chi connectivity index (χ4n) is 3.36. The number of aliphatic hydroxyl groups is 1. The van der Waals surface area contributed by atoms with Gasteiger partial charge in [0, 0.05) is 23.2 Å². The van der Waals surface area contributed by atoms with Crippen molar-refractivity contribution in [3.05, 3.63) is 29.8 Å². The van der Waals surface area contributed by atoms with E-state index in [1.807, 2.05) is 17.0 Å². The third kappa shape index (κ3) is 2.59. The Labute approximate surface area is 124 Å². The Morgan fingerprint density at radius 3 is 2.80 bits per heavy atom. The number of aliphatic hydroxyl groups excluding tert-OH is 1. The quantitative estimate of drug-likeness (QED) is 0.927. The molecule has 2 aliphatic rings. The summed E-state index contributed by atoms with van der Waals surface area (Å²) in [6, 6.07) is 8.55. The second-order valence-electron chi connectivity index (χ2n) is 5.59. The van der Waals surface area contributed by atoms with Gasteiger partial charge >= 0.3 is 0 Å². The first-order valence-corrected chi connectivity index (χ1v) is 8.43. The molecule has 3 rings (SSSR count). The van der Waals surface area contributed by atoms with Gasteiger partial charge in [-0.3, -0.25) is 4.79 Å². The van der Waals surface area contributed by atoms with Crippen LogP contribution in [0.5, 0.6) is 0 Å². The van der Waals surface area contributed by atoms with E-state index in [1.54, 1.807) is 11.8 Å². The topological polar surface area (TPSA) is 40.5 Å². The first kappa shape index (κ1) is 14.0. The Bertz CT molecular complexity index is 485. The van der Waals surface area contributed by atoms with E-state index in [0.717, 1.165) is 18.6 Å². The van der Waals surface area contributed by atoms with Crippen LogP contribution in [0, 0.1) is 0 Å². The maximum absolute atomic E-state index is 12.9. The number of benzene rings is 1. The van der Waals surface area contributed by atoms with Gasteiger partial charge in [0.1, 0.15) is 0 Å². The summed E-state index contributed by atoms with van der Waals surface area (Å²) in [7, 11) is 0. The molecule has 1 aromatic carbocycles. The Kier molecular flexibility index (Phi) is 4.32. The number of carbonyl (C=O) groups excluding carboxylic acids is 1. The zero-order valence-electron chi connectivity index (χ0n) is 11.6. The third-order valence-electron chi connectivity index (χ3n) is 4.39. The highest BCUT2D eigenvalue weighted by Gasteiger charge is 2.35. The van der Waals surface area contributed by atoms with Crippen molar-refractivity contribution >= 4 is 17.7 Å². The van der Waals surface area contributed by atoms with Gasteiger partial charge in [-0.1, -0.05) is 31.0 Å². The van der Waals surface area contributed by atoms with Crippen molar-refractivity contribution in [3.8, 4) is 0 Å². The highest BCUT2D eigenvalue weighted by Crippen LogP contribution is 2.41. The van der Waals surface area contributed by atoms with Crippen molar-refractivity contribution in [2.75, 3.05) is 18.9 Å². The molecule has 108 valence electrons. The summed E-state index contributed by atoms with van der Waals surface area (Å²) in [5, 5.41) is 9.28. The van der Waals surface area contributed by atoms with Crippen LogP contribution >= 0.6 is 11.8 Å². The van der Waals surface area contributed by atoms with Crippen molar-refractivity contribution in [2.45, 2.75) is 42.5 Å². The van der Waals surface area contributed by atoms with Gasteiger partial charge in [-0.15, -0.1) is 11.8 Å². The Hall–Kier alpha value is -1.00. The molecule has 0 radical (unpaired) electrons. The van der Waals surface area contributed by atoms with Crippen molar-refractivity contribution < 1.29 is 9.90 Å². The summed E-state index contributed by atoms with van der Waals surface area (Å²) in [4.78, 5) is 16.1. The molecule has 0 aromatic heterocycles. The predicted molar refractivity (Wildman–Crippen MR) is 81.0 cm³/mol. The Morgan fingerprint density at radius 1 is 1.30 bits per heavy atom. The fourth-order valence-corrected chi connectivity index (χ4v) is 4.58. The summed E-state index contributed by atoms with van der Waals surface area (Å²) in [5.74, 6) is 1.03. The van der Waals surface area contributed by atoms with E-state index in [-0.39, 0.29) is 18.4 Å². The van der Waals surface area contributed by atoms with Gasteiger partial charge in [0.2, 0.25) is 5.91 Å². The molecular weight excluding hydrogens is 270 g/mol. The zero-order valence-corrected chi connectivity index (χ0v) is 12.4. The lowest BCUT2D eigenvalue weighted by Gasteiger charge is -2.30. The summed E-state index contributed by atoms with van der Waals surface area (Å²) in [6.45, 7) is 0.538. The molecule has 4 heteroatoms. The molecule has 1 amide bonds. The molecule has 0 saturated heterocycles. The largest absolute Gasteiger partial charge is 0.395 e. The monoisotopic (exact) mass is 291 g/mol. The van der Waals surface area contributed by atoms with Crippen LogP contribution in [-0.2, 0) is 4.79 Å². The first-order valence-electron chi connectivity index (χ1n) is 7.44. The lowest BCUT2D eigenvalue weighted by molar-refractivity contribution is -0.135. The standard InChI is InChI=1S/C16H21NO2S/c18-10-9-17(12-5-1-2-6-12)16(19)14-11-20-15-8-4-3-7-13(14)15/h3-4,7-8,12,14,18H,1-2,5-6,9-11H2. The molecule has 20 heavy (non-hydrogen) atoms. The van der Waals surface area contributed by atoms with Crippen LogP contribution in [0.2, 0.25) is 0 Å². The minimum atomic E-state index is -0.0247. The number of amides is 1. The second kappa shape index (κ2) is 6.19. The SMILES string of the molecule is O=C(C1CSc2ccccc21)N(CCO)C1CCCC1. The molecule has 1 heterocycles. The predicted octanol–water partition coefficient (Wildman–Crippen LogP) is 2.64. The zero-order chi connectivity index (χ0) is 13.9. The number of nitrogens with zero attached hydrogens (tertiary/aromatic N) is 1. The molecule has 1 aliphatic heterocycles. The van der Waals surface area contributed by atoms with E-state index in [4.69, 9.17) is 0 Å². The highest BCUT2D eigenvalue weighted by atomic mass is 32.2. The Balaban J connectivity index is 1.80. The van der Waals surface area contributed by atoms with Crippen LogP contribution in [0.4, 0.5) is 0 Å². The molecule has 1 saturated carbocycles. The van der Waals surface area contributed by atoms with E-state index in [9.17, 15) is 9.90 Å². The van der Waals surface area contributed by atoms with Gasteiger partial charge in [-0.2, -0.15) is 0 Å². The fraction of sp³-hybridized carbons (Fsp3) is 0.562. The van der Waals surface area contributed by atoms with Gasteiger partial charge in [0.25, 0.3) is 0 Å². The minimum absolute atomic E-state index is 0.0247. The molecule has 1 atom stereocenters. The molecule has 1 N–H and O–H groups in total. The van der Waals surface area contributed by atoms with Gasteiger partial charge in [-0.25, -0.2) is 0 Å². The lowest BCUT2D eigenvalue weighted by atomic mass is 9.98. The van der Waals surface area contributed by atoms with Crippen LogP contribution in [-0.4, -0.2) is 40.9 Å². The third-order valence-corrected chi connectivity index (χ3v) is 5.57. The molecule has 1 unspecified atom stereocenters. The maximum atomic E-state index is 12.9. The van der Waals surface area contributed by atoms with Crippen LogP contribution in [0.15, 0.2) is 29.2 Å². The number of rotatable bonds is 4. The smallest absolute Gasteiger partial charge is 0.231 e. The van der Waals surface area contributed by atoms with Crippen molar-refractivity contribution in [2.24, 2.45) is 0 Å². The lowest BCUT2D eigenvalue weighted by Crippen LogP contribution is -2.43. The van der Waals surface area contributed by atoms with Gasteiger partial charge in [0.15, 0.2) is 0 Å². The van der Waals surface area contributed by atoms with Crippen molar-refractivity contribution in [1.82, 2.24) is 4.90 Å². The average molecular weight is 291 g/mol. The molecule has 0 bridgehead atoms. The molecule has 3 nitrogen and oxygen atoms in total. The highest BCUT2D eigenvalue weighted by molar-refractivity contribution is 7.99. The number of thioether (sulfide) groups is 1. The van der Waals surface area contributed by atoms with Crippen LogP contribution in [0.3, 0.4) is 0 Å². The van der Waals surface area contributed by atoms with Crippen LogP contribution in [0.1, 0.15) is 37.2 Å². The van der Waals surface area contributed by atoms with Crippen LogP contribution < -0.4 is 0 Å². The van der Waals surface area contributed by atoms with E-state index in [0.29, 0.717) is 12.6 Å². The van der Waals surface area contributed by atoms with E-state index >= 15 is 0 Å². The van der Waals surface area contributed by atoms with Gasteiger partial charge < -0.3 is 10.0 Å². The molecule has 0 spiro atoms. The maximum Gasteiger partial charge on any atom is 0.231 e. The summed E-state index contributed by atoms with van der Waals surface area (Å²) in [6.07, 6.45) is 4.59. The molecule has 1 aromatic rings. The molecule has 1 aliphatic carbocycles. The van der Waals surface area contributed by atoms with E-state index in [2.05, 4.69) is 12.1 Å². The number of hydrogen-bond acceptors (Lipinski definition) is 3. The summed E-state index contributed by atoms with van der Waals surface area (Å²) in [5.41, 5.74) is 1.17. The normalized spacial score (nSPS) is 21.9. The second-order valence-corrected chi connectivity index (χ2v) is 6.66.